The number of sulfonamides is 1. The molecule has 32 heavy (non-hydrogen) atoms. The standard InChI is InChI=1S/C20H20ClN3O7S/c1-14(31-20(26)17-8-7-15(21)13-18(17)24(27)28)19(25)22-9-11-23(12-10-22)32(29,30)16-5-3-2-4-6-16/h2-8,13-14H,9-12H2,1H3. The van der Waals surface area contributed by atoms with Gasteiger partial charge in [0.2, 0.25) is 10.0 Å². The molecule has 3 rings (SSSR count). The van der Waals surface area contributed by atoms with Crippen LogP contribution in [0.2, 0.25) is 5.02 Å². The van der Waals surface area contributed by atoms with Crippen LogP contribution < -0.4 is 0 Å². The lowest BCUT2D eigenvalue weighted by Gasteiger charge is -2.35. The third-order valence-electron chi connectivity index (χ3n) is 4.94. The molecule has 1 unspecified atom stereocenters. The zero-order valence-corrected chi connectivity index (χ0v) is 18.6. The molecule has 1 fully saturated rings. The smallest absolute Gasteiger partial charge is 0.345 e. The van der Waals surface area contributed by atoms with Crippen LogP contribution in [-0.2, 0) is 19.6 Å². The van der Waals surface area contributed by atoms with Gasteiger partial charge in [-0.3, -0.25) is 14.9 Å². The van der Waals surface area contributed by atoms with E-state index < -0.39 is 38.6 Å². The van der Waals surface area contributed by atoms with Crippen molar-refractivity contribution in [2.75, 3.05) is 26.2 Å². The van der Waals surface area contributed by atoms with Crippen LogP contribution in [0.15, 0.2) is 53.4 Å². The van der Waals surface area contributed by atoms with Gasteiger partial charge in [-0.2, -0.15) is 4.31 Å². The second-order valence-electron chi connectivity index (χ2n) is 7.01. The Kier molecular flexibility index (Phi) is 7.12. The summed E-state index contributed by atoms with van der Waals surface area (Å²) in [5.41, 5.74) is -0.847. The van der Waals surface area contributed by atoms with E-state index in [0.717, 1.165) is 12.1 Å². The Morgan fingerprint density at radius 2 is 1.72 bits per heavy atom. The minimum atomic E-state index is -3.67. The fourth-order valence-electron chi connectivity index (χ4n) is 3.25. The molecule has 12 heteroatoms. The third-order valence-corrected chi connectivity index (χ3v) is 7.09. The van der Waals surface area contributed by atoms with E-state index in [1.54, 1.807) is 18.2 Å². The number of nitro groups is 1. The Bertz CT molecular complexity index is 1130. The minimum absolute atomic E-state index is 0.0840. The predicted octanol–water partition coefficient (Wildman–Crippen LogP) is 2.33. The second-order valence-corrected chi connectivity index (χ2v) is 9.38. The van der Waals surface area contributed by atoms with Crippen molar-refractivity contribution in [2.24, 2.45) is 0 Å². The topological polar surface area (TPSA) is 127 Å². The summed E-state index contributed by atoms with van der Waals surface area (Å²) in [6.07, 6.45) is -1.21. The van der Waals surface area contributed by atoms with Gasteiger partial charge in [0.05, 0.1) is 9.82 Å². The van der Waals surface area contributed by atoms with E-state index in [0.29, 0.717) is 0 Å². The summed E-state index contributed by atoms with van der Waals surface area (Å²) in [6.45, 7) is 1.77. The molecule has 170 valence electrons. The molecule has 0 saturated carbocycles. The lowest BCUT2D eigenvalue weighted by molar-refractivity contribution is -0.385. The highest BCUT2D eigenvalue weighted by Gasteiger charge is 2.33. The summed E-state index contributed by atoms with van der Waals surface area (Å²) < 4.78 is 31.8. The molecule has 1 atom stereocenters. The van der Waals surface area contributed by atoms with E-state index >= 15 is 0 Å². The van der Waals surface area contributed by atoms with Gasteiger partial charge in [-0.1, -0.05) is 29.8 Å². The molecule has 2 aromatic carbocycles. The fraction of sp³-hybridized carbons (Fsp3) is 0.300. The molecule has 0 radical (unpaired) electrons. The maximum Gasteiger partial charge on any atom is 0.345 e. The van der Waals surface area contributed by atoms with Crippen LogP contribution >= 0.6 is 11.6 Å². The molecule has 0 bridgehead atoms. The number of benzene rings is 2. The molecule has 1 amide bonds. The number of nitro benzene ring substituents is 1. The molecular weight excluding hydrogens is 462 g/mol. The van der Waals surface area contributed by atoms with Gasteiger partial charge in [-0.15, -0.1) is 0 Å². The highest BCUT2D eigenvalue weighted by molar-refractivity contribution is 7.89. The third kappa shape index (κ3) is 5.06. The number of carbonyl (C=O) groups excluding carboxylic acids is 2. The molecule has 0 aliphatic carbocycles. The van der Waals surface area contributed by atoms with Gasteiger partial charge in [-0.25, -0.2) is 13.2 Å². The average molecular weight is 482 g/mol. The van der Waals surface area contributed by atoms with Crippen molar-refractivity contribution >= 4 is 39.2 Å². The van der Waals surface area contributed by atoms with Crippen LogP contribution in [0.3, 0.4) is 0 Å². The van der Waals surface area contributed by atoms with Crippen LogP contribution in [0.1, 0.15) is 17.3 Å². The fourth-order valence-corrected chi connectivity index (χ4v) is 4.86. The Balaban J connectivity index is 1.62. The van der Waals surface area contributed by atoms with Gasteiger partial charge in [0.25, 0.3) is 11.6 Å². The van der Waals surface area contributed by atoms with Crippen LogP contribution in [-0.4, -0.2) is 66.7 Å². The van der Waals surface area contributed by atoms with Crippen molar-refractivity contribution in [2.45, 2.75) is 17.9 Å². The Morgan fingerprint density at radius 1 is 1.09 bits per heavy atom. The Morgan fingerprint density at radius 3 is 2.31 bits per heavy atom. The quantitative estimate of drug-likeness (QED) is 0.352. The van der Waals surface area contributed by atoms with Gasteiger partial charge >= 0.3 is 5.97 Å². The lowest BCUT2D eigenvalue weighted by Crippen LogP contribution is -2.52. The Labute approximate surface area is 189 Å². The van der Waals surface area contributed by atoms with E-state index in [1.165, 1.54) is 34.3 Å². The summed E-state index contributed by atoms with van der Waals surface area (Å²) in [5, 5.41) is 11.3. The van der Waals surface area contributed by atoms with Crippen molar-refractivity contribution in [1.82, 2.24) is 9.21 Å². The van der Waals surface area contributed by atoms with Gasteiger partial charge in [0, 0.05) is 37.3 Å². The molecule has 1 heterocycles. The number of halogens is 1. The van der Waals surface area contributed by atoms with E-state index in [-0.39, 0.29) is 41.7 Å². The highest BCUT2D eigenvalue weighted by Crippen LogP contribution is 2.24. The molecule has 1 aliphatic rings. The first-order chi connectivity index (χ1) is 15.1. The normalized spacial score (nSPS) is 15.8. The number of rotatable bonds is 6. The van der Waals surface area contributed by atoms with E-state index in [1.807, 2.05) is 0 Å². The molecule has 0 N–H and O–H groups in total. The monoisotopic (exact) mass is 481 g/mol. The van der Waals surface area contributed by atoms with Crippen LogP contribution in [0, 0.1) is 10.1 Å². The maximum atomic E-state index is 12.7. The number of hydrogen-bond acceptors (Lipinski definition) is 7. The van der Waals surface area contributed by atoms with Gasteiger partial charge < -0.3 is 9.64 Å². The number of nitrogens with zero attached hydrogens (tertiary/aromatic N) is 3. The van der Waals surface area contributed by atoms with E-state index in [2.05, 4.69) is 0 Å². The van der Waals surface area contributed by atoms with E-state index in [4.69, 9.17) is 16.3 Å². The van der Waals surface area contributed by atoms with Crippen LogP contribution in [0.25, 0.3) is 0 Å². The van der Waals surface area contributed by atoms with Crippen molar-refractivity contribution in [3.63, 3.8) is 0 Å². The number of carbonyl (C=O) groups is 2. The second kappa shape index (κ2) is 9.63. The summed E-state index contributed by atoms with van der Waals surface area (Å²) in [7, 11) is -3.67. The zero-order chi connectivity index (χ0) is 23.5. The molecule has 1 saturated heterocycles. The van der Waals surface area contributed by atoms with Gasteiger partial charge in [-0.05, 0) is 31.2 Å². The number of esters is 1. The average Bonchev–Trinajstić information content (AvgIpc) is 2.79. The maximum absolute atomic E-state index is 12.7. The number of ether oxygens (including phenoxy) is 1. The van der Waals surface area contributed by atoms with Gasteiger partial charge in [0.15, 0.2) is 6.10 Å². The summed E-state index contributed by atoms with van der Waals surface area (Å²) in [4.78, 5) is 37.1. The molecule has 10 nitrogen and oxygen atoms in total. The zero-order valence-electron chi connectivity index (χ0n) is 17.0. The van der Waals surface area contributed by atoms with Crippen molar-refractivity contribution in [3.05, 3.63) is 69.2 Å². The first-order valence-corrected chi connectivity index (χ1v) is 11.4. The van der Waals surface area contributed by atoms with Crippen molar-refractivity contribution in [3.8, 4) is 0 Å². The minimum Gasteiger partial charge on any atom is -0.449 e. The lowest BCUT2D eigenvalue weighted by atomic mass is 10.2. The molecule has 0 spiro atoms. The molecular formula is C20H20ClN3O7S. The SMILES string of the molecule is CC(OC(=O)c1ccc(Cl)cc1[N+](=O)[O-])C(=O)N1CCN(S(=O)(=O)c2ccccc2)CC1. The molecule has 2 aromatic rings. The van der Waals surface area contributed by atoms with Crippen LogP contribution in [0.4, 0.5) is 5.69 Å². The first kappa shape index (κ1) is 23.6. The molecule has 0 aromatic heterocycles. The number of hydrogen-bond donors (Lipinski definition) is 0. The number of amides is 1. The first-order valence-electron chi connectivity index (χ1n) is 9.60. The summed E-state index contributed by atoms with van der Waals surface area (Å²) in [5.74, 6) is -1.55. The van der Waals surface area contributed by atoms with E-state index in [9.17, 15) is 28.1 Å². The Hall–Kier alpha value is -3.02. The van der Waals surface area contributed by atoms with Crippen molar-refractivity contribution in [1.29, 1.82) is 0 Å². The number of piperazine rings is 1. The summed E-state index contributed by atoms with van der Waals surface area (Å²) >= 11 is 5.74. The van der Waals surface area contributed by atoms with Gasteiger partial charge in [0.1, 0.15) is 5.56 Å². The highest BCUT2D eigenvalue weighted by atomic mass is 35.5. The summed E-state index contributed by atoms with van der Waals surface area (Å²) in [6, 6.07) is 11.5. The molecule has 1 aliphatic heterocycles. The predicted molar refractivity (Wildman–Crippen MR) is 115 cm³/mol. The van der Waals surface area contributed by atoms with Crippen molar-refractivity contribution < 1.29 is 27.7 Å². The van der Waals surface area contributed by atoms with Crippen LogP contribution in [0.5, 0.6) is 0 Å². The largest absolute Gasteiger partial charge is 0.449 e.